The zero-order valence-electron chi connectivity index (χ0n) is 11.8. The van der Waals surface area contributed by atoms with Gasteiger partial charge in [-0.25, -0.2) is 0 Å². The predicted molar refractivity (Wildman–Crippen MR) is 80.1 cm³/mol. The van der Waals surface area contributed by atoms with E-state index >= 15 is 0 Å². The summed E-state index contributed by atoms with van der Waals surface area (Å²) in [6, 6.07) is 8.02. The van der Waals surface area contributed by atoms with E-state index in [1.165, 1.54) is 0 Å². The van der Waals surface area contributed by atoms with Crippen LogP contribution in [0.15, 0.2) is 24.3 Å². The van der Waals surface area contributed by atoms with Gasteiger partial charge in [-0.1, -0.05) is 25.1 Å². The number of rotatable bonds is 5. The van der Waals surface area contributed by atoms with Crippen molar-refractivity contribution in [2.45, 2.75) is 12.3 Å². The number of methoxy groups -OCH3 is 1. The maximum absolute atomic E-state index is 6.56. The summed E-state index contributed by atoms with van der Waals surface area (Å²) in [5.74, 6) is 0.884. The van der Waals surface area contributed by atoms with E-state index in [9.17, 15) is 0 Å². The van der Waals surface area contributed by atoms with E-state index in [1.807, 2.05) is 18.2 Å². The number of halogens is 1. The number of piperazine rings is 1. The Morgan fingerprint density at radius 1 is 1.16 bits per heavy atom. The Hall–Kier alpha value is -0.770. The minimum absolute atomic E-state index is 0.00988. The van der Waals surface area contributed by atoms with Crippen molar-refractivity contribution in [2.75, 3.05) is 46.4 Å². The first-order valence-electron chi connectivity index (χ1n) is 6.96. The molecule has 0 aliphatic carbocycles. The standard InChI is InChI=1S/C15H23ClN2O/c1-3-17-8-10-18(11-9-17)12-14(16)13-6-4-5-7-15(13)19-2/h4-7,14H,3,8-12H2,1-2H3. The molecule has 0 amide bonds. The first-order chi connectivity index (χ1) is 9.24. The summed E-state index contributed by atoms with van der Waals surface area (Å²) in [6.45, 7) is 8.75. The van der Waals surface area contributed by atoms with Gasteiger partial charge in [0, 0.05) is 38.3 Å². The highest BCUT2D eigenvalue weighted by atomic mass is 35.5. The minimum Gasteiger partial charge on any atom is -0.496 e. The molecule has 106 valence electrons. The molecule has 0 saturated carbocycles. The van der Waals surface area contributed by atoms with Gasteiger partial charge in [0.25, 0.3) is 0 Å². The quantitative estimate of drug-likeness (QED) is 0.772. The van der Waals surface area contributed by atoms with Gasteiger partial charge in [0.1, 0.15) is 5.75 Å². The zero-order valence-corrected chi connectivity index (χ0v) is 12.6. The topological polar surface area (TPSA) is 15.7 Å². The molecular weight excluding hydrogens is 260 g/mol. The van der Waals surface area contributed by atoms with Gasteiger partial charge in [-0.15, -0.1) is 11.6 Å². The number of hydrogen-bond acceptors (Lipinski definition) is 3. The molecule has 0 N–H and O–H groups in total. The molecule has 0 bridgehead atoms. The monoisotopic (exact) mass is 282 g/mol. The number of para-hydroxylation sites is 1. The van der Waals surface area contributed by atoms with Gasteiger partial charge in [0.2, 0.25) is 0 Å². The molecule has 1 aromatic rings. The molecule has 1 atom stereocenters. The third-order valence-electron chi connectivity index (χ3n) is 3.81. The van der Waals surface area contributed by atoms with Crippen LogP contribution in [-0.2, 0) is 0 Å². The third kappa shape index (κ3) is 3.85. The molecular formula is C15H23ClN2O. The normalized spacial score (nSPS) is 19.3. The molecule has 1 aliphatic rings. The fraction of sp³-hybridized carbons (Fsp3) is 0.600. The lowest BCUT2D eigenvalue weighted by Crippen LogP contribution is -2.46. The number of hydrogen-bond donors (Lipinski definition) is 0. The van der Waals surface area contributed by atoms with Gasteiger partial charge in [0.05, 0.1) is 12.5 Å². The lowest BCUT2D eigenvalue weighted by molar-refractivity contribution is 0.137. The fourth-order valence-electron chi connectivity index (χ4n) is 2.54. The smallest absolute Gasteiger partial charge is 0.123 e. The molecule has 4 heteroatoms. The Morgan fingerprint density at radius 3 is 2.42 bits per heavy atom. The average Bonchev–Trinajstić information content (AvgIpc) is 2.48. The Balaban J connectivity index is 1.92. The molecule has 19 heavy (non-hydrogen) atoms. The van der Waals surface area contributed by atoms with E-state index in [2.05, 4.69) is 22.8 Å². The van der Waals surface area contributed by atoms with Crippen LogP contribution in [-0.4, -0.2) is 56.2 Å². The van der Waals surface area contributed by atoms with Crippen LogP contribution in [0.4, 0.5) is 0 Å². The molecule has 1 fully saturated rings. The Bertz CT molecular complexity index is 391. The number of benzene rings is 1. The van der Waals surface area contributed by atoms with Crippen LogP contribution in [0.5, 0.6) is 5.75 Å². The van der Waals surface area contributed by atoms with Gasteiger partial charge < -0.3 is 9.64 Å². The number of nitrogens with zero attached hydrogens (tertiary/aromatic N) is 2. The molecule has 1 heterocycles. The molecule has 1 aromatic carbocycles. The molecule has 0 radical (unpaired) electrons. The second-order valence-electron chi connectivity index (χ2n) is 4.94. The number of ether oxygens (including phenoxy) is 1. The van der Waals surface area contributed by atoms with E-state index in [-0.39, 0.29) is 5.38 Å². The summed E-state index contributed by atoms with van der Waals surface area (Å²) >= 11 is 6.56. The second-order valence-corrected chi connectivity index (χ2v) is 5.47. The van der Waals surface area contributed by atoms with Crippen LogP contribution in [0.3, 0.4) is 0 Å². The third-order valence-corrected chi connectivity index (χ3v) is 4.18. The summed E-state index contributed by atoms with van der Waals surface area (Å²) in [4.78, 5) is 4.92. The Kier molecular flexibility index (Phi) is 5.49. The van der Waals surface area contributed by atoms with E-state index < -0.39 is 0 Å². The molecule has 3 nitrogen and oxygen atoms in total. The maximum Gasteiger partial charge on any atom is 0.123 e. The summed E-state index contributed by atoms with van der Waals surface area (Å²) in [5, 5.41) is -0.00988. The first-order valence-corrected chi connectivity index (χ1v) is 7.40. The SMILES string of the molecule is CCN1CCN(CC(Cl)c2ccccc2OC)CC1. The first kappa shape index (κ1) is 14.6. The molecule has 0 spiro atoms. The van der Waals surface area contributed by atoms with E-state index in [0.717, 1.165) is 50.6 Å². The van der Waals surface area contributed by atoms with Crippen molar-refractivity contribution in [1.82, 2.24) is 9.80 Å². The van der Waals surface area contributed by atoms with Crippen LogP contribution < -0.4 is 4.74 Å². The van der Waals surface area contributed by atoms with Crippen molar-refractivity contribution in [2.24, 2.45) is 0 Å². The van der Waals surface area contributed by atoms with Crippen LogP contribution in [0.1, 0.15) is 17.9 Å². The molecule has 0 aromatic heterocycles. The van der Waals surface area contributed by atoms with Gasteiger partial charge >= 0.3 is 0 Å². The summed E-state index contributed by atoms with van der Waals surface area (Å²) in [6.07, 6.45) is 0. The largest absolute Gasteiger partial charge is 0.496 e. The molecule has 2 rings (SSSR count). The van der Waals surface area contributed by atoms with E-state index in [0.29, 0.717) is 0 Å². The summed E-state index contributed by atoms with van der Waals surface area (Å²) < 4.78 is 5.38. The number of likely N-dealkylation sites (N-methyl/N-ethyl adjacent to an activating group) is 1. The van der Waals surface area contributed by atoms with Crippen molar-refractivity contribution in [1.29, 1.82) is 0 Å². The van der Waals surface area contributed by atoms with Gasteiger partial charge in [0.15, 0.2) is 0 Å². The van der Waals surface area contributed by atoms with Crippen LogP contribution >= 0.6 is 11.6 Å². The Morgan fingerprint density at radius 2 is 1.79 bits per heavy atom. The molecule has 1 aliphatic heterocycles. The van der Waals surface area contributed by atoms with Crippen molar-refractivity contribution in [3.8, 4) is 5.75 Å². The van der Waals surface area contributed by atoms with Gasteiger partial charge in [-0.2, -0.15) is 0 Å². The summed E-state index contributed by atoms with van der Waals surface area (Å²) in [5.41, 5.74) is 1.09. The van der Waals surface area contributed by atoms with Crippen molar-refractivity contribution < 1.29 is 4.74 Å². The second kappa shape index (κ2) is 7.13. The van der Waals surface area contributed by atoms with Crippen LogP contribution in [0, 0.1) is 0 Å². The average molecular weight is 283 g/mol. The van der Waals surface area contributed by atoms with Gasteiger partial charge in [-0.05, 0) is 12.6 Å². The minimum atomic E-state index is -0.00988. The maximum atomic E-state index is 6.56. The molecule has 1 saturated heterocycles. The highest BCUT2D eigenvalue weighted by molar-refractivity contribution is 6.21. The van der Waals surface area contributed by atoms with E-state index in [1.54, 1.807) is 7.11 Å². The Labute approximate surface area is 121 Å². The highest BCUT2D eigenvalue weighted by Gasteiger charge is 2.20. The number of alkyl halides is 1. The lowest BCUT2D eigenvalue weighted by Gasteiger charge is -2.35. The fourth-order valence-corrected chi connectivity index (χ4v) is 2.91. The highest BCUT2D eigenvalue weighted by Crippen LogP contribution is 2.30. The lowest BCUT2D eigenvalue weighted by atomic mass is 10.1. The zero-order chi connectivity index (χ0) is 13.7. The predicted octanol–water partition coefficient (Wildman–Crippen LogP) is 2.61. The van der Waals surface area contributed by atoms with Crippen LogP contribution in [0.2, 0.25) is 0 Å². The van der Waals surface area contributed by atoms with Crippen LogP contribution in [0.25, 0.3) is 0 Å². The van der Waals surface area contributed by atoms with Crippen molar-refractivity contribution in [3.05, 3.63) is 29.8 Å². The van der Waals surface area contributed by atoms with Crippen molar-refractivity contribution in [3.63, 3.8) is 0 Å². The van der Waals surface area contributed by atoms with Gasteiger partial charge in [-0.3, -0.25) is 4.90 Å². The molecule has 1 unspecified atom stereocenters. The summed E-state index contributed by atoms with van der Waals surface area (Å²) in [7, 11) is 1.70. The van der Waals surface area contributed by atoms with Crippen molar-refractivity contribution >= 4 is 11.6 Å². The van der Waals surface area contributed by atoms with E-state index in [4.69, 9.17) is 16.3 Å².